The van der Waals surface area contributed by atoms with Gasteiger partial charge in [-0.05, 0) is 56.6 Å². The quantitative estimate of drug-likeness (QED) is 0.575. The van der Waals surface area contributed by atoms with Crippen molar-refractivity contribution in [3.8, 4) is 5.75 Å². The lowest BCUT2D eigenvalue weighted by molar-refractivity contribution is 0.0936. The van der Waals surface area contributed by atoms with E-state index in [1.165, 1.54) is 6.07 Å². The molecule has 1 aliphatic rings. The third-order valence-electron chi connectivity index (χ3n) is 4.00. The molecule has 1 aliphatic heterocycles. The zero-order valence-corrected chi connectivity index (χ0v) is 11.9. The first-order valence-corrected chi connectivity index (χ1v) is 7.19. The Morgan fingerprint density at radius 1 is 1.45 bits per heavy atom. The summed E-state index contributed by atoms with van der Waals surface area (Å²) >= 11 is 0. The first-order chi connectivity index (χ1) is 9.60. The molecule has 4 N–H and O–H groups in total. The van der Waals surface area contributed by atoms with Gasteiger partial charge in [0.05, 0.1) is 5.69 Å². The van der Waals surface area contributed by atoms with Crippen LogP contribution in [0.1, 0.15) is 30.1 Å². The lowest BCUT2D eigenvalue weighted by atomic mass is 9.96. The summed E-state index contributed by atoms with van der Waals surface area (Å²) < 4.78 is 0. The fraction of sp³-hybridized carbons (Fsp3) is 0.533. The van der Waals surface area contributed by atoms with Crippen molar-refractivity contribution >= 4 is 11.6 Å². The Hall–Kier alpha value is -1.75. The number of likely N-dealkylation sites (tertiary alicyclic amines) is 1. The number of carbonyl (C=O) groups excluding carboxylic acids is 1. The molecule has 5 heteroatoms. The number of phenolic OH excluding ortho intramolecular Hbond substituents is 1. The molecule has 0 atom stereocenters. The van der Waals surface area contributed by atoms with E-state index >= 15 is 0 Å². The molecule has 1 saturated heterocycles. The lowest BCUT2D eigenvalue weighted by Crippen LogP contribution is -2.38. The van der Waals surface area contributed by atoms with Crippen molar-refractivity contribution in [2.45, 2.75) is 19.8 Å². The van der Waals surface area contributed by atoms with Gasteiger partial charge in [0.1, 0.15) is 5.75 Å². The van der Waals surface area contributed by atoms with E-state index < -0.39 is 0 Å². The van der Waals surface area contributed by atoms with Crippen LogP contribution in [0.2, 0.25) is 0 Å². The molecule has 5 nitrogen and oxygen atoms in total. The van der Waals surface area contributed by atoms with Gasteiger partial charge in [-0.2, -0.15) is 0 Å². The van der Waals surface area contributed by atoms with Crippen LogP contribution >= 0.6 is 0 Å². The summed E-state index contributed by atoms with van der Waals surface area (Å²) in [6.07, 6.45) is 2.25. The van der Waals surface area contributed by atoms with Gasteiger partial charge in [0.25, 0.3) is 5.91 Å². The van der Waals surface area contributed by atoms with Crippen molar-refractivity contribution in [2.75, 3.05) is 31.9 Å². The molecular formula is C15H23N3O2. The fourth-order valence-electron chi connectivity index (χ4n) is 2.53. The Bertz CT molecular complexity index is 468. The summed E-state index contributed by atoms with van der Waals surface area (Å²) in [5.41, 5.74) is 6.25. The minimum absolute atomic E-state index is 0.0473. The van der Waals surface area contributed by atoms with Crippen LogP contribution in [0.15, 0.2) is 18.2 Å². The molecular weight excluding hydrogens is 254 g/mol. The molecule has 1 amide bonds. The Morgan fingerprint density at radius 3 is 2.75 bits per heavy atom. The van der Waals surface area contributed by atoms with E-state index in [4.69, 9.17) is 5.73 Å². The molecule has 1 fully saturated rings. The summed E-state index contributed by atoms with van der Waals surface area (Å²) in [4.78, 5) is 14.4. The highest BCUT2D eigenvalue weighted by Gasteiger charge is 2.18. The Balaban J connectivity index is 1.82. The van der Waals surface area contributed by atoms with Crippen molar-refractivity contribution in [3.05, 3.63) is 23.8 Å². The van der Waals surface area contributed by atoms with Crippen LogP contribution in [0.5, 0.6) is 5.75 Å². The SMILES string of the molecule is CCN1CCC(CNC(=O)c2ccc(N)c(O)c2)CC1. The second kappa shape index (κ2) is 6.61. The number of nitrogens with zero attached hydrogens (tertiary/aromatic N) is 1. The molecule has 1 heterocycles. The average molecular weight is 277 g/mol. The zero-order valence-electron chi connectivity index (χ0n) is 11.9. The van der Waals surface area contributed by atoms with E-state index in [0.717, 1.165) is 32.5 Å². The van der Waals surface area contributed by atoms with E-state index in [1.54, 1.807) is 12.1 Å². The van der Waals surface area contributed by atoms with Crippen LogP contribution in [0, 0.1) is 5.92 Å². The number of aromatic hydroxyl groups is 1. The molecule has 20 heavy (non-hydrogen) atoms. The second-order valence-corrected chi connectivity index (χ2v) is 5.36. The predicted molar refractivity (Wildman–Crippen MR) is 79.7 cm³/mol. The fourth-order valence-corrected chi connectivity index (χ4v) is 2.53. The van der Waals surface area contributed by atoms with Crippen molar-refractivity contribution in [3.63, 3.8) is 0 Å². The van der Waals surface area contributed by atoms with Gasteiger partial charge in [-0.25, -0.2) is 0 Å². The number of rotatable bonds is 4. The first kappa shape index (κ1) is 14.7. The zero-order chi connectivity index (χ0) is 14.5. The van der Waals surface area contributed by atoms with Gasteiger partial charge in [0.2, 0.25) is 0 Å². The van der Waals surface area contributed by atoms with Crippen LogP contribution in [0.25, 0.3) is 0 Å². The molecule has 0 spiro atoms. The number of benzene rings is 1. The minimum atomic E-state index is -0.154. The smallest absolute Gasteiger partial charge is 0.251 e. The molecule has 1 aromatic rings. The van der Waals surface area contributed by atoms with E-state index in [9.17, 15) is 9.90 Å². The highest BCUT2D eigenvalue weighted by atomic mass is 16.3. The summed E-state index contributed by atoms with van der Waals surface area (Å²) in [7, 11) is 0. The number of nitrogens with two attached hydrogens (primary N) is 1. The molecule has 0 radical (unpaired) electrons. The van der Waals surface area contributed by atoms with Gasteiger partial charge in [0.15, 0.2) is 0 Å². The standard InChI is InChI=1S/C15H23N3O2/c1-2-18-7-5-11(6-8-18)10-17-15(20)12-3-4-13(16)14(19)9-12/h3-4,9,11,19H,2,5-8,10,16H2,1H3,(H,17,20). The number of nitrogens with one attached hydrogen (secondary N) is 1. The van der Waals surface area contributed by atoms with E-state index in [2.05, 4.69) is 17.1 Å². The lowest BCUT2D eigenvalue weighted by Gasteiger charge is -2.31. The number of anilines is 1. The second-order valence-electron chi connectivity index (χ2n) is 5.36. The van der Waals surface area contributed by atoms with Gasteiger partial charge in [-0.3, -0.25) is 4.79 Å². The average Bonchev–Trinajstić information content (AvgIpc) is 2.48. The van der Waals surface area contributed by atoms with Gasteiger partial charge in [-0.1, -0.05) is 6.92 Å². The number of phenols is 1. The highest BCUT2D eigenvalue weighted by Crippen LogP contribution is 2.21. The minimum Gasteiger partial charge on any atom is -0.506 e. The molecule has 0 unspecified atom stereocenters. The van der Waals surface area contributed by atoms with Crippen LogP contribution in [-0.4, -0.2) is 42.1 Å². The summed E-state index contributed by atoms with van der Waals surface area (Å²) in [5.74, 6) is 0.344. The Labute approximate surface area is 119 Å². The van der Waals surface area contributed by atoms with Gasteiger partial charge in [0, 0.05) is 12.1 Å². The monoisotopic (exact) mass is 277 g/mol. The van der Waals surface area contributed by atoms with Crippen LogP contribution in [-0.2, 0) is 0 Å². The van der Waals surface area contributed by atoms with Crippen LogP contribution < -0.4 is 11.1 Å². The Morgan fingerprint density at radius 2 is 2.15 bits per heavy atom. The molecule has 0 aliphatic carbocycles. The predicted octanol–water partition coefficient (Wildman–Crippen LogP) is 1.44. The number of nitrogen functional groups attached to an aromatic ring is 1. The number of piperidine rings is 1. The van der Waals surface area contributed by atoms with Crippen molar-refractivity contribution in [1.29, 1.82) is 0 Å². The van der Waals surface area contributed by atoms with Crippen molar-refractivity contribution < 1.29 is 9.90 Å². The maximum absolute atomic E-state index is 12.0. The Kier molecular flexibility index (Phi) is 4.84. The van der Waals surface area contributed by atoms with Crippen molar-refractivity contribution in [1.82, 2.24) is 10.2 Å². The first-order valence-electron chi connectivity index (χ1n) is 7.19. The maximum atomic E-state index is 12.0. The van der Waals surface area contributed by atoms with Crippen LogP contribution in [0.3, 0.4) is 0 Å². The molecule has 1 aromatic carbocycles. The van der Waals surface area contributed by atoms with Crippen LogP contribution in [0.4, 0.5) is 5.69 Å². The third kappa shape index (κ3) is 3.63. The molecule has 2 rings (SSSR count). The normalized spacial score (nSPS) is 17.1. The maximum Gasteiger partial charge on any atom is 0.251 e. The summed E-state index contributed by atoms with van der Waals surface area (Å²) in [5, 5.41) is 12.5. The van der Waals surface area contributed by atoms with Crippen molar-refractivity contribution in [2.24, 2.45) is 5.92 Å². The number of hydrogen-bond donors (Lipinski definition) is 3. The van der Waals surface area contributed by atoms with Gasteiger partial charge < -0.3 is 21.1 Å². The molecule has 0 bridgehead atoms. The third-order valence-corrected chi connectivity index (χ3v) is 4.00. The molecule has 110 valence electrons. The topological polar surface area (TPSA) is 78.6 Å². The summed E-state index contributed by atoms with van der Waals surface area (Å²) in [6, 6.07) is 4.58. The van der Waals surface area contributed by atoms with Gasteiger partial charge in [-0.15, -0.1) is 0 Å². The summed E-state index contributed by atoms with van der Waals surface area (Å²) in [6.45, 7) is 6.19. The number of carbonyl (C=O) groups is 1. The van der Waals surface area contributed by atoms with E-state index in [1.807, 2.05) is 0 Å². The van der Waals surface area contributed by atoms with E-state index in [-0.39, 0.29) is 17.3 Å². The number of hydrogen-bond acceptors (Lipinski definition) is 4. The van der Waals surface area contributed by atoms with Gasteiger partial charge >= 0.3 is 0 Å². The highest BCUT2D eigenvalue weighted by molar-refractivity contribution is 5.95. The van der Waals surface area contributed by atoms with E-state index in [0.29, 0.717) is 18.0 Å². The molecule has 0 saturated carbocycles. The largest absolute Gasteiger partial charge is 0.506 e. The number of amides is 1. The molecule has 0 aromatic heterocycles.